The topological polar surface area (TPSA) is 92.4 Å². The first-order valence-electron chi connectivity index (χ1n) is 13.4. The second kappa shape index (κ2) is 14.0. The molecule has 1 aromatic heterocycles. The van der Waals surface area contributed by atoms with Crippen LogP contribution in [0.2, 0.25) is 0 Å². The third-order valence-corrected chi connectivity index (χ3v) is 8.10. The van der Waals surface area contributed by atoms with Crippen molar-refractivity contribution in [1.29, 1.82) is 0 Å². The fourth-order valence-electron chi connectivity index (χ4n) is 5.12. The zero-order valence-electron chi connectivity index (χ0n) is 23.5. The van der Waals surface area contributed by atoms with Gasteiger partial charge in [-0.2, -0.15) is 0 Å². The van der Waals surface area contributed by atoms with E-state index >= 15 is 0 Å². The normalized spacial score (nSPS) is 15.2. The number of rotatable bonds is 11. The van der Waals surface area contributed by atoms with Gasteiger partial charge in [0.25, 0.3) is 0 Å². The number of carbonyl (C=O) groups excluding carboxylic acids is 2. The number of methoxy groups -OCH3 is 3. The monoisotopic (exact) mass is 566 g/mol. The zero-order chi connectivity index (χ0) is 28.5. The van der Waals surface area contributed by atoms with Gasteiger partial charge >= 0.3 is 11.8 Å². The van der Waals surface area contributed by atoms with E-state index < -0.39 is 11.8 Å². The highest BCUT2D eigenvalue weighted by molar-refractivity contribution is 7.10. The number of hydrogen-bond acceptors (Lipinski definition) is 8. The van der Waals surface area contributed by atoms with Crippen LogP contribution in [0.25, 0.3) is 0 Å². The van der Waals surface area contributed by atoms with Crippen LogP contribution in [0.15, 0.2) is 60.0 Å². The van der Waals surface area contributed by atoms with E-state index in [1.807, 2.05) is 54.8 Å². The van der Waals surface area contributed by atoms with E-state index in [0.717, 1.165) is 48.1 Å². The summed E-state index contributed by atoms with van der Waals surface area (Å²) in [6.07, 6.45) is 0.559. The van der Waals surface area contributed by atoms with Crippen LogP contribution in [0.3, 0.4) is 0 Å². The molecule has 9 nitrogen and oxygen atoms in total. The van der Waals surface area contributed by atoms with E-state index in [0.29, 0.717) is 24.5 Å². The molecule has 214 valence electrons. The summed E-state index contributed by atoms with van der Waals surface area (Å²) in [5.41, 5.74) is 2.06. The number of para-hydroxylation sites is 2. The zero-order valence-corrected chi connectivity index (χ0v) is 24.3. The predicted octanol–water partition coefficient (Wildman–Crippen LogP) is 3.50. The first kappa shape index (κ1) is 29.2. The SMILES string of the molecule is COc1ccc(CCNC(=O)C(=O)N[C@H](C)[C@H](c2cccs2)N2CCN(c3ccccc3OC)CC2)cc1OC. The smallest absolute Gasteiger partial charge is 0.309 e. The summed E-state index contributed by atoms with van der Waals surface area (Å²) in [6.45, 7) is 5.59. The number of hydrogen-bond donors (Lipinski definition) is 2. The number of benzene rings is 2. The van der Waals surface area contributed by atoms with Crippen molar-refractivity contribution in [3.63, 3.8) is 0 Å². The quantitative estimate of drug-likeness (QED) is 0.343. The van der Waals surface area contributed by atoms with Crippen molar-refractivity contribution in [2.24, 2.45) is 0 Å². The summed E-state index contributed by atoms with van der Waals surface area (Å²) in [4.78, 5) is 31.4. The molecule has 0 radical (unpaired) electrons. The molecule has 1 aliphatic heterocycles. The van der Waals surface area contributed by atoms with E-state index in [4.69, 9.17) is 14.2 Å². The molecule has 0 unspecified atom stereocenters. The van der Waals surface area contributed by atoms with Gasteiger partial charge in [0.05, 0.1) is 33.1 Å². The lowest BCUT2D eigenvalue weighted by atomic mass is 10.0. The highest BCUT2D eigenvalue weighted by atomic mass is 32.1. The molecule has 4 rings (SSSR count). The third kappa shape index (κ3) is 7.05. The fourth-order valence-corrected chi connectivity index (χ4v) is 6.09. The minimum Gasteiger partial charge on any atom is -0.495 e. The molecule has 1 saturated heterocycles. The summed E-state index contributed by atoms with van der Waals surface area (Å²) in [7, 11) is 4.86. The summed E-state index contributed by atoms with van der Waals surface area (Å²) >= 11 is 1.66. The molecule has 2 N–H and O–H groups in total. The molecule has 0 spiro atoms. The van der Waals surface area contributed by atoms with Crippen LogP contribution in [-0.4, -0.2) is 76.8 Å². The lowest BCUT2D eigenvalue weighted by Gasteiger charge is -2.42. The Morgan fingerprint density at radius 1 is 0.875 bits per heavy atom. The first-order chi connectivity index (χ1) is 19.4. The summed E-state index contributed by atoms with van der Waals surface area (Å²) in [5.74, 6) is 0.863. The Kier molecular flexibility index (Phi) is 10.3. The maximum absolute atomic E-state index is 12.8. The Balaban J connectivity index is 1.33. The van der Waals surface area contributed by atoms with E-state index in [2.05, 4.69) is 32.6 Å². The second-order valence-electron chi connectivity index (χ2n) is 9.61. The average Bonchev–Trinajstić information content (AvgIpc) is 3.51. The Morgan fingerprint density at radius 2 is 1.60 bits per heavy atom. The average molecular weight is 567 g/mol. The van der Waals surface area contributed by atoms with Gasteiger partial charge in [0.1, 0.15) is 5.75 Å². The van der Waals surface area contributed by atoms with Crippen molar-refractivity contribution in [3.8, 4) is 17.2 Å². The van der Waals surface area contributed by atoms with Crippen molar-refractivity contribution < 1.29 is 23.8 Å². The molecule has 2 aromatic carbocycles. The number of ether oxygens (including phenoxy) is 3. The van der Waals surface area contributed by atoms with Crippen LogP contribution in [0.5, 0.6) is 17.2 Å². The maximum atomic E-state index is 12.8. The van der Waals surface area contributed by atoms with Gasteiger partial charge in [0, 0.05) is 43.6 Å². The summed E-state index contributed by atoms with van der Waals surface area (Å²) in [6, 6.07) is 17.5. The van der Waals surface area contributed by atoms with Crippen molar-refractivity contribution in [3.05, 3.63) is 70.4 Å². The van der Waals surface area contributed by atoms with Crippen LogP contribution in [0.4, 0.5) is 5.69 Å². The molecule has 3 aromatic rings. The fraction of sp³-hybridized carbons (Fsp3) is 0.400. The Bertz CT molecular complexity index is 1260. The van der Waals surface area contributed by atoms with Crippen LogP contribution < -0.4 is 29.7 Å². The van der Waals surface area contributed by atoms with E-state index in [9.17, 15) is 9.59 Å². The Labute approximate surface area is 240 Å². The van der Waals surface area contributed by atoms with E-state index in [1.165, 1.54) is 0 Å². The molecule has 40 heavy (non-hydrogen) atoms. The number of anilines is 1. The molecule has 2 heterocycles. The standard InChI is InChI=1S/C30H38N4O5S/c1-21(32-30(36)29(35)31-14-13-22-11-12-25(38-3)26(20-22)39-4)28(27-10-7-19-40-27)34-17-15-33(16-18-34)23-8-5-6-9-24(23)37-2/h5-12,19-21,28H,13-18H2,1-4H3,(H,31,35)(H,32,36)/t21-,28-/m1/s1. The van der Waals surface area contributed by atoms with Gasteiger partial charge in [-0.25, -0.2) is 0 Å². The molecule has 0 aliphatic carbocycles. The van der Waals surface area contributed by atoms with Crippen molar-refractivity contribution in [2.75, 3.05) is 59.0 Å². The van der Waals surface area contributed by atoms with Crippen LogP contribution in [0, 0.1) is 0 Å². The molecule has 0 saturated carbocycles. The highest BCUT2D eigenvalue weighted by Gasteiger charge is 2.32. The van der Waals surface area contributed by atoms with Crippen molar-refractivity contribution in [2.45, 2.75) is 25.4 Å². The predicted molar refractivity (Wildman–Crippen MR) is 158 cm³/mol. The molecule has 0 bridgehead atoms. The molecule has 2 amide bonds. The van der Waals surface area contributed by atoms with Crippen molar-refractivity contribution >= 4 is 28.8 Å². The molecule has 1 fully saturated rings. The lowest BCUT2D eigenvalue weighted by molar-refractivity contribution is -0.139. The number of piperazine rings is 1. The van der Waals surface area contributed by atoms with Gasteiger partial charge < -0.3 is 29.7 Å². The van der Waals surface area contributed by atoms with Crippen LogP contribution >= 0.6 is 11.3 Å². The number of thiophene rings is 1. The van der Waals surface area contributed by atoms with Crippen LogP contribution in [-0.2, 0) is 16.0 Å². The Hall–Kier alpha value is -3.76. The molecular formula is C30H38N4O5S. The number of amides is 2. The highest BCUT2D eigenvalue weighted by Crippen LogP contribution is 2.33. The first-order valence-corrected chi connectivity index (χ1v) is 14.3. The van der Waals surface area contributed by atoms with Gasteiger partial charge in [-0.3, -0.25) is 14.5 Å². The van der Waals surface area contributed by atoms with Crippen molar-refractivity contribution in [1.82, 2.24) is 15.5 Å². The molecule has 2 atom stereocenters. The van der Waals surface area contributed by atoms with E-state index in [1.54, 1.807) is 32.7 Å². The lowest BCUT2D eigenvalue weighted by Crippen LogP contribution is -2.53. The second-order valence-corrected chi connectivity index (χ2v) is 10.6. The largest absolute Gasteiger partial charge is 0.495 e. The van der Waals surface area contributed by atoms with Gasteiger partial charge in [-0.05, 0) is 54.6 Å². The third-order valence-electron chi connectivity index (χ3n) is 7.15. The number of nitrogens with zero attached hydrogens (tertiary/aromatic N) is 2. The Morgan fingerprint density at radius 3 is 2.27 bits per heavy atom. The number of nitrogens with one attached hydrogen (secondary N) is 2. The minimum atomic E-state index is -0.641. The minimum absolute atomic E-state index is 0.0386. The van der Waals surface area contributed by atoms with Gasteiger partial charge in [0.2, 0.25) is 0 Å². The van der Waals surface area contributed by atoms with Crippen LogP contribution in [0.1, 0.15) is 23.4 Å². The van der Waals surface area contributed by atoms with Gasteiger partial charge in [-0.1, -0.05) is 24.3 Å². The summed E-state index contributed by atoms with van der Waals surface area (Å²) in [5, 5.41) is 7.73. The van der Waals surface area contributed by atoms with E-state index in [-0.39, 0.29) is 12.1 Å². The molecular weight excluding hydrogens is 528 g/mol. The van der Waals surface area contributed by atoms with Gasteiger partial charge in [-0.15, -0.1) is 11.3 Å². The maximum Gasteiger partial charge on any atom is 0.309 e. The van der Waals surface area contributed by atoms with Gasteiger partial charge in [0.15, 0.2) is 11.5 Å². The molecule has 1 aliphatic rings. The number of carbonyl (C=O) groups is 2. The summed E-state index contributed by atoms with van der Waals surface area (Å²) < 4.78 is 16.2. The molecule has 10 heteroatoms.